The molecule has 0 N–H and O–H groups in total. The van der Waals surface area contributed by atoms with Crippen LogP contribution in [0.3, 0.4) is 0 Å². The standard InChI is InChI=1S/C12H13Cl2NO5/c1-12(2,15(17)18)7-20-11(16)6-19-10-4-3-8(13)5-9(10)14/h3-5H,6-7H2,1-2H3. The Hall–Kier alpha value is -1.53. The Morgan fingerprint density at radius 3 is 2.60 bits per heavy atom. The number of ether oxygens (including phenoxy) is 2. The van der Waals surface area contributed by atoms with E-state index < -0.39 is 23.0 Å². The summed E-state index contributed by atoms with van der Waals surface area (Å²) in [7, 11) is 0. The molecule has 0 heterocycles. The monoisotopic (exact) mass is 321 g/mol. The van der Waals surface area contributed by atoms with Crippen LogP contribution in [0.5, 0.6) is 5.75 Å². The van der Waals surface area contributed by atoms with Crippen LogP contribution in [0, 0.1) is 10.1 Å². The summed E-state index contributed by atoms with van der Waals surface area (Å²) in [6.07, 6.45) is 0. The molecule has 20 heavy (non-hydrogen) atoms. The van der Waals surface area contributed by atoms with Crippen LogP contribution < -0.4 is 4.74 Å². The van der Waals surface area contributed by atoms with Gasteiger partial charge in [-0.1, -0.05) is 23.2 Å². The molecule has 6 nitrogen and oxygen atoms in total. The second kappa shape index (κ2) is 6.76. The van der Waals surface area contributed by atoms with E-state index >= 15 is 0 Å². The highest BCUT2D eigenvalue weighted by atomic mass is 35.5. The number of benzene rings is 1. The molecule has 0 saturated carbocycles. The molecule has 8 heteroatoms. The van der Waals surface area contributed by atoms with Gasteiger partial charge in [0.25, 0.3) is 0 Å². The number of hydrogen-bond donors (Lipinski definition) is 0. The predicted octanol–water partition coefficient (Wildman–Crippen LogP) is 2.97. The lowest BCUT2D eigenvalue weighted by Crippen LogP contribution is -2.37. The first-order chi connectivity index (χ1) is 9.22. The van der Waals surface area contributed by atoms with E-state index in [1.165, 1.54) is 26.0 Å². The van der Waals surface area contributed by atoms with E-state index in [2.05, 4.69) is 0 Å². The zero-order chi connectivity index (χ0) is 15.3. The number of hydrogen-bond acceptors (Lipinski definition) is 5. The Labute approximate surface area is 125 Å². The van der Waals surface area contributed by atoms with Crippen LogP contribution in [0.25, 0.3) is 0 Å². The highest BCUT2D eigenvalue weighted by Crippen LogP contribution is 2.27. The van der Waals surface area contributed by atoms with Crippen molar-refractivity contribution in [3.05, 3.63) is 38.4 Å². The van der Waals surface area contributed by atoms with E-state index in [0.717, 1.165) is 0 Å². The summed E-state index contributed by atoms with van der Waals surface area (Å²) in [6.45, 7) is 1.99. The van der Waals surface area contributed by atoms with Crippen molar-refractivity contribution < 1.29 is 19.2 Å². The van der Waals surface area contributed by atoms with E-state index in [9.17, 15) is 14.9 Å². The molecule has 0 saturated heterocycles. The Balaban J connectivity index is 2.46. The number of carbonyl (C=O) groups excluding carboxylic acids is 1. The van der Waals surface area contributed by atoms with Crippen molar-refractivity contribution >= 4 is 29.2 Å². The van der Waals surface area contributed by atoms with Gasteiger partial charge in [-0.25, -0.2) is 4.79 Å². The average Bonchev–Trinajstić information content (AvgIpc) is 2.35. The second-order valence-corrected chi connectivity index (χ2v) is 5.44. The largest absolute Gasteiger partial charge is 0.480 e. The molecule has 0 spiro atoms. The van der Waals surface area contributed by atoms with Gasteiger partial charge in [0.05, 0.1) is 5.02 Å². The minimum absolute atomic E-state index is 0.260. The third-order valence-electron chi connectivity index (χ3n) is 2.32. The fourth-order valence-corrected chi connectivity index (χ4v) is 1.54. The third-order valence-corrected chi connectivity index (χ3v) is 2.85. The van der Waals surface area contributed by atoms with E-state index in [1.807, 2.05) is 0 Å². The smallest absolute Gasteiger partial charge is 0.344 e. The van der Waals surface area contributed by atoms with E-state index in [4.69, 9.17) is 32.7 Å². The van der Waals surface area contributed by atoms with Crippen molar-refractivity contribution in [2.75, 3.05) is 13.2 Å². The van der Waals surface area contributed by atoms with Crippen LogP contribution in [0.2, 0.25) is 10.0 Å². The maximum Gasteiger partial charge on any atom is 0.344 e. The summed E-state index contributed by atoms with van der Waals surface area (Å²) in [6, 6.07) is 4.54. The zero-order valence-electron chi connectivity index (χ0n) is 10.9. The van der Waals surface area contributed by atoms with Gasteiger partial charge in [-0.05, 0) is 18.2 Å². The molecule has 0 aliphatic carbocycles. The van der Waals surface area contributed by atoms with Gasteiger partial charge in [0.15, 0.2) is 13.2 Å². The maximum atomic E-state index is 11.4. The van der Waals surface area contributed by atoms with Gasteiger partial charge >= 0.3 is 5.97 Å². The van der Waals surface area contributed by atoms with Crippen LogP contribution in [0.15, 0.2) is 18.2 Å². The summed E-state index contributed by atoms with van der Waals surface area (Å²) in [5.74, 6) is -0.438. The zero-order valence-corrected chi connectivity index (χ0v) is 12.4. The van der Waals surface area contributed by atoms with Crippen LogP contribution in [-0.4, -0.2) is 29.6 Å². The Morgan fingerprint density at radius 2 is 2.05 bits per heavy atom. The van der Waals surface area contributed by atoms with Crippen molar-refractivity contribution in [3.8, 4) is 5.75 Å². The van der Waals surface area contributed by atoms with Crippen molar-refractivity contribution in [3.63, 3.8) is 0 Å². The van der Waals surface area contributed by atoms with Crippen LogP contribution in [-0.2, 0) is 9.53 Å². The molecule has 0 bridgehead atoms. The number of esters is 1. The molecule has 0 aromatic heterocycles. The molecule has 1 aromatic rings. The Morgan fingerprint density at radius 1 is 1.40 bits per heavy atom. The summed E-state index contributed by atoms with van der Waals surface area (Å²) in [5.41, 5.74) is -1.34. The summed E-state index contributed by atoms with van der Waals surface area (Å²) in [5, 5.41) is 11.3. The lowest BCUT2D eigenvalue weighted by molar-refractivity contribution is -0.563. The lowest BCUT2D eigenvalue weighted by atomic mass is 10.1. The van der Waals surface area contributed by atoms with Gasteiger partial charge in [0.2, 0.25) is 5.54 Å². The van der Waals surface area contributed by atoms with Gasteiger partial charge < -0.3 is 9.47 Å². The molecular weight excluding hydrogens is 309 g/mol. The molecule has 0 unspecified atom stereocenters. The van der Waals surface area contributed by atoms with Gasteiger partial charge in [-0.3, -0.25) is 10.1 Å². The molecule has 0 fully saturated rings. The maximum absolute atomic E-state index is 11.4. The average molecular weight is 322 g/mol. The SMILES string of the molecule is CC(C)(COC(=O)COc1ccc(Cl)cc1Cl)[N+](=O)[O-]. The molecule has 0 radical (unpaired) electrons. The van der Waals surface area contributed by atoms with Crippen LogP contribution >= 0.6 is 23.2 Å². The molecule has 110 valence electrons. The second-order valence-electron chi connectivity index (χ2n) is 4.59. The quantitative estimate of drug-likeness (QED) is 0.457. The van der Waals surface area contributed by atoms with Gasteiger partial charge in [-0.15, -0.1) is 0 Å². The van der Waals surface area contributed by atoms with Crippen LogP contribution in [0.1, 0.15) is 13.8 Å². The third kappa shape index (κ3) is 4.86. The molecule has 0 aliphatic rings. The minimum atomic E-state index is -1.34. The highest BCUT2D eigenvalue weighted by Gasteiger charge is 2.32. The van der Waals surface area contributed by atoms with E-state index in [0.29, 0.717) is 5.02 Å². The van der Waals surface area contributed by atoms with Gasteiger partial charge in [-0.2, -0.15) is 0 Å². The highest BCUT2D eigenvalue weighted by molar-refractivity contribution is 6.35. The molecule has 0 amide bonds. The van der Waals surface area contributed by atoms with E-state index in [-0.39, 0.29) is 17.4 Å². The Kier molecular flexibility index (Phi) is 5.59. The summed E-state index contributed by atoms with van der Waals surface area (Å²) >= 11 is 11.6. The molecule has 1 rings (SSSR count). The molecular formula is C12H13Cl2NO5. The first-order valence-electron chi connectivity index (χ1n) is 5.60. The first-order valence-corrected chi connectivity index (χ1v) is 6.36. The normalized spacial score (nSPS) is 11.0. The van der Waals surface area contributed by atoms with Crippen molar-refractivity contribution in [1.29, 1.82) is 0 Å². The number of carbonyl (C=O) groups is 1. The number of halogens is 2. The first kappa shape index (κ1) is 16.5. The van der Waals surface area contributed by atoms with Crippen molar-refractivity contribution in [1.82, 2.24) is 0 Å². The fraction of sp³-hybridized carbons (Fsp3) is 0.417. The molecule has 0 atom stereocenters. The minimum Gasteiger partial charge on any atom is -0.480 e. The summed E-state index contributed by atoms with van der Waals surface area (Å²) in [4.78, 5) is 21.6. The Bertz CT molecular complexity index is 519. The number of rotatable bonds is 6. The van der Waals surface area contributed by atoms with Gasteiger partial charge in [0.1, 0.15) is 5.75 Å². The fourth-order valence-electron chi connectivity index (χ4n) is 1.08. The van der Waals surface area contributed by atoms with Gasteiger partial charge in [0, 0.05) is 23.8 Å². The van der Waals surface area contributed by atoms with Crippen LogP contribution in [0.4, 0.5) is 0 Å². The molecule has 1 aromatic carbocycles. The topological polar surface area (TPSA) is 78.7 Å². The van der Waals surface area contributed by atoms with E-state index in [1.54, 1.807) is 6.07 Å². The lowest BCUT2D eigenvalue weighted by Gasteiger charge is -2.15. The molecule has 0 aliphatic heterocycles. The van der Waals surface area contributed by atoms with Crippen molar-refractivity contribution in [2.45, 2.75) is 19.4 Å². The predicted molar refractivity (Wildman–Crippen MR) is 74.0 cm³/mol. The number of nitro groups is 1. The van der Waals surface area contributed by atoms with Crippen molar-refractivity contribution in [2.24, 2.45) is 0 Å². The summed E-state index contributed by atoms with van der Waals surface area (Å²) < 4.78 is 9.92. The number of nitrogens with zero attached hydrogens (tertiary/aromatic N) is 1.